The third kappa shape index (κ3) is 3.08. The molecular formula is C16H12F5IO2. The van der Waals surface area contributed by atoms with Gasteiger partial charge in [0.25, 0.3) is 0 Å². The van der Waals surface area contributed by atoms with E-state index in [0.717, 1.165) is 24.3 Å². The largest absolute Gasteiger partial charge is 0.497 e. The van der Waals surface area contributed by atoms with Crippen LogP contribution >= 0.6 is 22.6 Å². The van der Waals surface area contributed by atoms with Crippen molar-refractivity contribution in [1.29, 1.82) is 0 Å². The maximum atomic E-state index is 14.3. The van der Waals surface area contributed by atoms with Gasteiger partial charge < -0.3 is 9.84 Å². The molecule has 2 aromatic rings. The minimum atomic E-state index is -5.95. The van der Waals surface area contributed by atoms with Crippen LogP contribution in [0.3, 0.4) is 0 Å². The first-order valence-corrected chi connectivity index (χ1v) is 7.69. The second-order valence-electron chi connectivity index (χ2n) is 5.02. The van der Waals surface area contributed by atoms with E-state index < -0.39 is 28.8 Å². The Hall–Kier alpha value is -1.42. The Labute approximate surface area is 148 Å². The van der Waals surface area contributed by atoms with E-state index >= 15 is 0 Å². The maximum absolute atomic E-state index is 14.3. The summed E-state index contributed by atoms with van der Waals surface area (Å²) in [6.45, 7) is 0. The monoisotopic (exact) mass is 458 g/mol. The Balaban J connectivity index is 2.76. The van der Waals surface area contributed by atoms with Gasteiger partial charge in [0.05, 0.1) is 7.11 Å². The molecule has 0 spiro atoms. The number of hydrogen-bond donors (Lipinski definition) is 1. The van der Waals surface area contributed by atoms with Crippen molar-refractivity contribution < 1.29 is 31.8 Å². The summed E-state index contributed by atoms with van der Waals surface area (Å²) in [5.74, 6) is -5.37. The molecule has 0 aliphatic rings. The molecule has 0 saturated heterocycles. The van der Waals surface area contributed by atoms with Gasteiger partial charge in [-0.25, -0.2) is 0 Å². The first-order valence-electron chi connectivity index (χ1n) is 6.61. The van der Waals surface area contributed by atoms with Gasteiger partial charge in [0.1, 0.15) is 5.75 Å². The first-order chi connectivity index (χ1) is 11.0. The van der Waals surface area contributed by atoms with Crippen LogP contribution in [-0.2, 0) is 5.60 Å². The van der Waals surface area contributed by atoms with Crippen LogP contribution in [0.15, 0.2) is 48.5 Å². The number of hydrogen-bond acceptors (Lipinski definition) is 2. The predicted octanol–water partition coefficient (Wildman–Crippen LogP) is 4.73. The van der Waals surface area contributed by atoms with Gasteiger partial charge in [0.2, 0.25) is 0 Å². The van der Waals surface area contributed by atoms with Crippen molar-refractivity contribution >= 4 is 22.6 Å². The normalized spacial score (nSPS) is 15.0. The Kier molecular flexibility index (Phi) is 5.10. The van der Waals surface area contributed by atoms with Crippen LogP contribution in [0.2, 0.25) is 0 Å². The van der Waals surface area contributed by atoms with Crippen LogP contribution in [0.25, 0.3) is 0 Å². The Morgan fingerprint density at radius 1 is 0.917 bits per heavy atom. The Morgan fingerprint density at radius 3 is 2.00 bits per heavy atom. The molecule has 130 valence electrons. The van der Waals surface area contributed by atoms with E-state index in [1.165, 1.54) is 31.4 Å². The molecule has 0 heterocycles. The summed E-state index contributed by atoms with van der Waals surface area (Å²) in [6, 6.07) is 9.34. The summed E-state index contributed by atoms with van der Waals surface area (Å²) >= 11 is 1.88. The standard InChI is InChI=1S/C16H12F5IO2/c1-24-13-4-2-3-11(9-13)14(23,15(17,18)16(19,20)21)10-5-7-12(22)8-6-10/h2-9,23H,1H3. The molecule has 8 heteroatoms. The van der Waals surface area contributed by atoms with Gasteiger partial charge in [-0.2, -0.15) is 22.0 Å². The second kappa shape index (κ2) is 6.47. The molecule has 2 aromatic carbocycles. The summed E-state index contributed by atoms with van der Waals surface area (Å²) in [7, 11) is 1.24. The highest BCUT2D eigenvalue weighted by molar-refractivity contribution is 14.1. The summed E-state index contributed by atoms with van der Waals surface area (Å²) in [5.41, 5.74) is -4.78. The smallest absolute Gasteiger partial charge is 0.457 e. The third-order valence-corrected chi connectivity index (χ3v) is 4.28. The van der Waals surface area contributed by atoms with Crippen molar-refractivity contribution in [2.24, 2.45) is 0 Å². The van der Waals surface area contributed by atoms with Gasteiger partial charge in [-0.1, -0.05) is 24.3 Å². The first kappa shape index (κ1) is 18.9. The average Bonchev–Trinajstić information content (AvgIpc) is 2.53. The number of halogens is 6. The highest BCUT2D eigenvalue weighted by atomic mass is 127. The summed E-state index contributed by atoms with van der Waals surface area (Å²) in [4.78, 5) is 0. The molecule has 2 nitrogen and oxygen atoms in total. The molecule has 0 aliphatic carbocycles. The van der Waals surface area contributed by atoms with Gasteiger partial charge in [-0.15, -0.1) is 0 Å². The van der Waals surface area contributed by atoms with Crippen molar-refractivity contribution in [2.45, 2.75) is 17.7 Å². The Morgan fingerprint density at radius 2 is 1.50 bits per heavy atom. The topological polar surface area (TPSA) is 29.5 Å². The lowest BCUT2D eigenvalue weighted by atomic mass is 9.80. The van der Waals surface area contributed by atoms with Crippen molar-refractivity contribution in [3.63, 3.8) is 0 Å². The molecule has 1 N–H and O–H groups in total. The molecule has 0 aliphatic heterocycles. The molecule has 1 atom stereocenters. The summed E-state index contributed by atoms with van der Waals surface area (Å²) in [6.07, 6.45) is -5.95. The zero-order chi connectivity index (χ0) is 18.2. The fourth-order valence-corrected chi connectivity index (χ4v) is 2.63. The van der Waals surface area contributed by atoms with Crippen molar-refractivity contribution in [2.75, 3.05) is 7.11 Å². The van der Waals surface area contributed by atoms with E-state index in [-0.39, 0.29) is 5.75 Å². The van der Waals surface area contributed by atoms with E-state index in [1.807, 2.05) is 22.6 Å². The van der Waals surface area contributed by atoms with E-state index in [2.05, 4.69) is 0 Å². The molecule has 1 unspecified atom stereocenters. The SMILES string of the molecule is COc1cccc(C(O)(c2ccc(I)cc2)C(F)(F)C(F)(F)F)c1. The number of ether oxygens (including phenoxy) is 1. The highest BCUT2D eigenvalue weighted by Gasteiger charge is 2.71. The summed E-state index contributed by atoms with van der Waals surface area (Å²) in [5, 5.41) is 10.6. The van der Waals surface area contributed by atoms with Gasteiger partial charge in [-0.3, -0.25) is 0 Å². The van der Waals surface area contributed by atoms with Crippen LogP contribution < -0.4 is 4.74 Å². The third-order valence-electron chi connectivity index (χ3n) is 3.56. The highest BCUT2D eigenvalue weighted by Crippen LogP contribution is 2.52. The molecule has 2 rings (SSSR count). The van der Waals surface area contributed by atoms with Crippen LogP contribution in [-0.4, -0.2) is 24.3 Å². The molecule has 24 heavy (non-hydrogen) atoms. The molecule has 0 bridgehead atoms. The lowest BCUT2D eigenvalue weighted by molar-refractivity contribution is -0.336. The molecule has 0 aromatic heterocycles. The van der Waals surface area contributed by atoms with Gasteiger partial charge in [0.15, 0.2) is 5.60 Å². The molecule has 0 fully saturated rings. The fraction of sp³-hybridized carbons (Fsp3) is 0.250. The lowest BCUT2D eigenvalue weighted by Gasteiger charge is -2.37. The molecule has 0 radical (unpaired) electrons. The molecular weight excluding hydrogens is 446 g/mol. The Bertz CT molecular complexity index is 715. The van der Waals surface area contributed by atoms with Crippen molar-refractivity contribution in [3.05, 3.63) is 63.2 Å². The van der Waals surface area contributed by atoms with E-state index in [4.69, 9.17) is 4.74 Å². The summed E-state index contributed by atoms with van der Waals surface area (Å²) < 4.78 is 73.1. The zero-order valence-corrected chi connectivity index (χ0v) is 14.4. The van der Waals surface area contributed by atoms with Crippen LogP contribution in [0.1, 0.15) is 11.1 Å². The minimum absolute atomic E-state index is 0.0504. The number of aliphatic hydroxyl groups is 1. The number of methoxy groups -OCH3 is 1. The van der Waals surface area contributed by atoms with Crippen LogP contribution in [0, 0.1) is 3.57 Å². The maximum Gasteiger partial charge on any atom is 0.457 e. The zero-order valence-electron chi connectivity index (χ0n) is 12.2. The van der Waals surface area contributed by atoms with Crippen LogP contribution in [0.5, 0.6) is 5.75 Å². The quantitative estimate of drug-likeness (QED) is 0.531. The number of benzene rings is 2. The van der Waals surface area contributed by atoms with Crippen LogP contribution in [0.4, 0.5) is 22.0 Å². The van der Waals surface area contributed by atoms with Crippen molar-refractivity contribution in [3.8, 4) is 5.75 Å². The number of rotatable bonds is 4. The molecule has 0 amide bonds. The minimum Gasteiger partial charge on any atom is -0.497 e. The van der Waals surface area contributed by atoms with Gasteiger partial charge >= 0.3 is 12.1 Å². The second-order valence-corrected chi connectivity index (χ2v) is 6.27. The van der Waals surface area contributed by atoms with Gasteiger partial charge in [-0.05, 0) is 58.0 Å². The molecule has 0 saturated carbocycles. The van der Waals surface area contributed by atoms with E-state index in [9.17, 15) is 27.1 Å². The number of alkyl halides is 5. The van der Waals surface area contributed by atoms with Gasteiger partial charge in [0, 0.05) is 3.57 Å². The fourth-order valence-electron chi connectivity index (χ4n) is 2.27. The lowest BCUT2D eigenvalue weighted by Crippen LogP contribution is -2.55. The predicted molar refractivity (Wildman–Crippen MR) is 86.2 cm³/mol. The average molecular weight is 458 g/mol. The van der Waals surface area contributed by atoms with E-state index in [0.29, 0.717) is 3.57 Å². The van der Waals surface area contributed by atoms with Crippen molar-refractivity contribution in [1.82, 2.24) is 0 Å². The van der Waals surface area contributed by atoms with E-state index in [1.54, 1.807) is 0 Å².